The average molecular weight is 300 g/mol. The number of thiazole rings is 1. The van der Waals surface area contributed by atoms with Crippen molar-refractivity contribution in [3.05, 3.63) is 29.1 Å². The highest BCUT2D eigenvalue weighted by Crippen LogP contribution is 2.29. The van der Waals surface area contributed by atoms with E-state index < -0.39 is 0 Å². The Balaban J connectivity index is 0.00000128. The van der Waals surface area contributed by atoms with Crippen LogP contribution >= 0.6 is 11.3 Å². The summed E-state index contributed by atoms with van der Waals surface area (Å²) in [6.45, 7) is 2.02. The summed E-state index contributed by atoms with van der Waals surface area (Å²) in [6, 6.07) is 7.81. The topological polar surface area (TPSA) is 48.1 Å². The standard InChI is InChI=1S/C11H12N2OS.BrH/c1-7-10(13-11(12)15-7)8-3-5-9(14-2)6-4-8;/h3-6H,1-2H3,(H2,12,13);1H/p-1. The van der Waals surface area contributed by atoms with Crippen LogP contribution in [-0.2, 0) is 0 Å². The van der Waals surface area contributed by atoms with E-state index in [1.165, 1.54) is 11.3 Å². The second-order valence-electron chi connectivity index (χ2n) is 3.19. The van der Waals surface area contributed by atoms with E-state index in [9.17, 15) is 0 Å². The highest BCUT2D eigenvalue weighted by molar-refractivity contribution is 7.15. The Hall–Kier alpha value is -1.07. The van der Waals surface area contributed by atoms with Crippen molar-refractivity contribution in [2.45, 2.75) is 6.92 Å². The lowest BCUT2D eigenvalue weighted by Gasteiger charge is -2.01. The first-order valence-electron chi connectivity index (χ1n) is 4.58. The number of hydrogen-bond donors (Lipinski definition) is 1. The van der Waals surface area contributed by atoms with Crippen LogP contribution in [-0.4, -0.2) is 12.1 Å². The lowest BCUT2D eigenvalue weighted by Crippen LogP contribution is -3.00. The molecule has 0 atom stereocenters. The third-order valence-corrected chi connectivity index (χ3v) is 2.98. The molecular formula is C11H12BrN2OS-. The van der Waals surface area contributed by atoms with Gasteiger partial charge in [0.05, 0.1) is 12.8 Å². The number of benzene rings is 1. The van der Waals surface area contributed by atoms with Crippen molar-refractivity contribution in [2.75, 3.05) is 12.8 Å². The minimum atomic E-state index is 0. The van der Waals surface area contributed by atoms with Gasteiger partial charge in [-0.2, -0.15) is 0 Å². The first-order valence-corrected chi connectivity index (χ1v) is 5.39. The predicted octanol–water partition coefficient (Wildman–Crippen LogP) is -0.287. The zero-order valence-electron chi connectivity index (χ0n) is 9.03. The van der Waals surface area contributed by atoms with E-state index in [-0.39, 0.29) is 17.0 Å². The van der Waals surface area contributed by atoms with Gasteiger partial charge in [0.2, 0.25) is 0 Å². The number of nitrogens with zero attached hydrogens (tertiary/aromatic N) is 1. The van der Waals surface area contributed by atoms with E-state index in [4.69, 9.17) is 10.5 Å². The second-order valence-corrected chi connectivity index (χ2v) is 4.42. The van der Waals surface area contributed by atoms with Gasteiger partial charge in [-0.25, -0.2) is 4.98 Å². The fourth-order valence-corrected chi connectivity index (χ4v) is 2.14. The number of nitrogens with two attached hydrogens (primary N) is 1. The zero-order valence-corrected chi connectivity index (χ0v) is 11.4. The van der Waals surface area contributed by atoms with E-state index in [1.807, 2.05) is 31.2 Å². The molecule has 0 fully saturated rings. The molecule has 0 amide bonds. The number of methoxy groups -OCH3 is 1. The molecule has 0 spiro atoms. The molecule has 0 aliphatic rings. The minimum absolute atomic E-state index is 0. The number of rotatable bonds is 2. The minimum Gasteiger partial charge on any atom is -1.00 e. The maximum Gasteiger partial charge on any atom is 0.180 e. The van der Waals surface area contributed by atoms with Crippen molar-refractivity contribution in [3.63, 3.8) is 0 Å². The van der Waals surface area contributed by atoms with Crippen LogP contribution in [0.1, 0.15) is 4.88 Å². The molecule has 2 N–H and O–H groups in total. The Kier molecular flexibility index (Phi) is 4.32. The molecule has 2 rings (SSSR count). The van der Waals surface area contributed by atoms with E-state index in [0.717, 1.165) is 21.9 Å². The molecule has 0 radical (unpaired) electrons. The molecule has 0 saturated heterocycles. The first-order chi connectivity index (χ1) is 7.20. The predicted molar refractivity (Wildman–Crippen MR) is 63.3 cm³/mol. The lowest BCUT2D eigenvalue weighted by molar-refractivity contribution is -0.00000341. The maximum atomic E-state index is 5.66. The van der Waals surface area contributed by atoms with Crippen LogP contribution in [0.15, 0.2) is 24.3 Å². The molecule has 0 saturated carbocycles. The zero-order chi connectivity index (χ0) is 10.8. The molecule has 16 heavy (non-hydrogen) atoms. The summed E-state index contributed by atoms with van der Waals surface area (Å²) in [5.74, 6) is 0.847. The van der Waals surface area contributed by atoms with Crippen molar-refractivity contribution in [2.24, 2.45) is 0 Å². The Bertz CT molecular complexity index is 467. The average Bonchev–Trinajstić information content (AvgIpc) is 2.58. The molecule has 1 aromatic carbocycles. The fraction of sp³-hybridized carbons (Fsp3) is 0.182. The number of nitrogen functional groups attached to an aromatic ring is 1. The third-order valence-electron chi connectivity index (χ3n) is 2.18. The van der Waals surface area contributed by atoms with Gasteiger partial charge in [0.15, 0.2) is 5.13 Å². The van der Waals surface area contributed by atoms with Crippen LogP contribution in [0.5, 0.6) is 5.75 Å². The van der Waals surface area contributed by atoms with Gasteiger partial charge in [-0.3, -0.25) is 0 Å². The molecule has 2 aromatic rings. The highest BCUT2D eigenvalue weighted by atomic mass is 79.9. The van der Waals surface area contributed by atoms with Crippen LogP contribution in [0, 0.1) is 6.92 Å². The first kappa shape index (κ1) is 13.0. The van der Waals surface area contributed by atoms with Crippen molar-refractivity contribution in [1.29, 1.82) is 0 Å². The van der Waals surface area contributed by atoms with Crippen LogP contribution in [0.4, 0.5) is 5.13 Å². The Labute approximate surface area is 109 Å². The number of aromatic nitrogens is 1. The molecule has 0 unspecified atom stereocenters. The number of hydrogen-bond acceptors (Lipinski definition) is 4. The van der Waals surface area contributed by atoms with Gasteiger partial charge in [-0.05, 0) is 31.2 Å². The third kappa shape index (κ3) is 2.54. The maximum absolute atomic E-state index is 5.66. The Morgan fingerprint density at radius 1 is 1.25 bits per heavy atom. The summed E-state index contributed by atoms with van der Waals surface area (Å²) < 4.78 is 5.10. The molecule has 3 nitrogen and oxygen atoms in total. The summed E-state index contributed by atoms with van der Waals surface area (Å²) in [7, 11) is 1.65. The monoisotopic (exact) mass is 299 g/mol. The van der Waals surface area contributed by atoms with Crippen molar-refractivity contribution in [3.8, 4) is 17.0 Å². The van der Waals surface area contributed by atoms with Crippen LogP contribution < -0.4 is 27.5 Å². The lowest BCUT2D eigenvalue weighted by atomic mass is 10.1. The van der Waals surface area contributed by atoms with Crippen LogP contribution in [0.2, 0.25) is 0 Å². The number of aryl methyl sites for hydroxylation is 1. The highest BCUT2D eigenvalue weighted by Gasteiger charge is 2.07. The molecular weight excluding hydrogens is 288 g/mol. The van der Waals surface area contributed by atoms with Crippen LogP contribution in [0.3, 0.4) is 0 Å². The Morgan fingerprint density at radius 3 is 2.31 bits per heavy atom. The number of halogens is 1. The van der Waals surface area contributed by atoms with Gasteiger partial charge in [0.1, 0.15) is 5.75 Å². The summed E-state index contributed by atoms with van der Waals surface area (Å²) >= 11 is 1.51. The van der Waals surface area contributed by atoms with Crippen molar-refractivity contribution < 1.29 is 21.7 Å². The quantitative estimate of drug-likeness (QED) is 0.829. The second kappa shape index (κ2) is 5.32. The molecule has 1 aromatic heterocycles. The normalized spacial score (nSPS) is 9.62. The molecule has 5 heteroatoms. The van der Waals surface area contributed by atoms with E-state index in [0.29, 0.717) is 5.13 Å². The SMILES string of the molecule is COc1ccc(-c2nc(N)sc2C)cc1.[Br-]. The molecule has 0 aliphatic carbocycles. The summed E-state index contributed by atoms with van der Waals surface area (Å²) in [5, 5.41) is 0.610. The van der Waals surface area contributed by atoms with Gasteiger partial charge in [-0.1, -0.05) is 0 Å². The smallest absolute Gasteiger partial charge is 0.180 e. The summed E-state index contributed by atoms with van der Waals surface area (Å²) in [5.41, 5.74) is 7.68. The van der Waals surface area contributed by atoms with Gasteiger partial charge in [-0.15, -0.1) is 11.3 Å². The van der Waals surface area contributed by atoms with E-state index in [1.54, 1.807) is 7.11 Å². The van der Waals surface area contributed by atoms with Gasteiger partial charge >= 0.3 is 0 Å². The van der Waals surface area contributed by atoms with Gasteiger partial charge < -0.3 is 27.5 Å². The number of ether oxygens (including phenoxy) is 1. The number of anilines is 1. The molecule has 1 heterocycles. The van der Waals surface area contributed by atoms with E-state index in [2.05, 4.69) is 4.98 Å². The molecule has 0 bridgehead atoms. The Morgan fingerprint density at radius 2 is 1.88 bits per heavy atom. The van der Waals surface area contributed by atoms with Crippen molar-refractivity contribution in [1.82, 2.24) is 4.98 Å². The summed E-state index contributed by atoms with van der Waals surface area (Å²) in [4.78, 5) is 5.43. The molecule has 86 valence electrons. The van der Waals surface area contributed by atoms with Gasteiger partial charge in [0, 0.05) is 10.4 Å². The van der Waals surface area contributed by atoms with Gasteiger partial charge in [0.25, 0.3) is 0 Å². The largest absolute Gasteiger partial charge is 1.00 e. The summed E-state index contributed by atoms with van der Waals surface area (Å²) in [6.07, 6.45) is 0. The van der Waals surface area contributed by atoms with Crippen molar-refractivity contribution >= 4 is 16.5 Å². The molecule has 0 aliphatic heterocycles. The fourth-order valence-electron chi connectivity index (χ4n) is 1.43. The van der Waals surface area contributed by atoms with E-state index >= 15 is 0 Å². The van der Waals surface area contributed by atoms with Crippen LogP contribution in [0.25, 0.3) is 11.3 Å².